The van der Waals surface area contributed by atoms with Gasteiger partial charge in [-0.15, -0.1) is 0 Å². The summed E-state index contributed by atoms with van der Waals surface area (Å²) in [5.41, 5.74) is 4.68. The van der Waals surface area contributed by atoms with Crippen LogP contribution in [0.1, 0.15) is 27.0 Å². The molecule has 0 atom stereocenters. The highest BCUT2D eigenvalue weighted by atomic mass is 35.5. The summed E-state index contributed by atoms with van der Waals surface area (Å²) in [6, 6.07) is 15.0. The van der Waals surface area contributed by atoms with Crippen molar-refractivity contribution in [1.29, 1.82) is 0 Å². The van der Waals surface area contributed by atoms with Crippen LogP contribution in [0.15, 0.2) is 60.9 Å². The fraction of sp³-hybridized carbons (Fsp3) is 0.136. The first-order chi connectivity index (χ1) is 13.5. The van der Waals surface area contributed by atoms with E-state index in [1.807, 2.05) is 19.1 Å². The molecule has 28 heavy (non-hydrogen) atoms. The average Bonchev–Trinajstić information content (AvgIpc) is 3.10. The van der Waals surface area contributed by atoms with Crippen LogP contribution < -0.4 is 4.90 Å². The molecular weight excluding hydrogens is 390 g/mol. The molecule has 6 heteroatoms. The SMILES string of the molecule is Cc1cc(C)c2nc(N(Cc3cccnc3)C(=O)c3cccc(Cl)c3)sc2c1. The fourth-order valence-electron chi connectivity index (χ4n) is 3.15. The Kier molecular flexibility index (Phi) is 5.11. The van der Waals surface area contributed by atoms with Crippen molar-refractivity contribution in [3.05, 3.63) is 88.2 Å². The van der Waals surface area contributed by atoms with E-state index in [0.29, 0.717) is 22.3 Å². The van der Waals surface area contributed by atoms with Gasteiger partial charge in [0.05, 0.1) is 16.8 Å². The molecule has 0 spiro atoms. The molecular formula is C22H18ClN3OS. The van der Waals surface area contributed by atoms with E-state index in [9.17, 15) is 4.79 Å². The first kappa shape index (κ1) is 18.6. The number of nitrogens with zero attached hydrogens (tertiary/aromatic N) is 3. The van der Waals surface area contributed by atoms with E-state index in [-0.39, 0.29) is 5.91 Å². The summed E-state index contributed by atoms with van der Waals surface area (Å²) in [6.07, 6.45) is 3.48. The predicted octanol–water partition coefficient (Wildman–Crippen LogP) is 5.81. The third-order valence-electron chi connectivity index (χ3n) is 4.43. The van der Waals surface area contributed by atoms with Gasteiger partial charge in [-0.3, -0.25) is 14.7 Å². The smallest absolute Gasteiger partial charge is 0.260 e. The lowest BCUT2D eigenvalue weighted by Crippen LogP contribution is -2.30. The number of pyridine rings is 1. The molecule has 0 fully saturated rings. The number of fused-ring (bicyclic) bond motifs is 1. The lowest BCUT2D eigenvalue weighted by Gasteiger charge is -2.20. The lowest BCUT2D eigenvalue weighted by atomic mass is 10.1. The van der Waals surface area contributed by atoms with Crippen molar-refractivity contribution in [1.82, 2.24) is 9.97 Å². The molecule has 0 saturated carbocycles. The van der Waals surface area contributed by atoms with E-state index in [1.54, 1.807) is 41.6 Å². The summed E-state index contributed by atoms with van der Waals surface area (Å²) in [4.78, 5) is 24.0. The standard InChI is InChI=1S/C22H18ClN3OS/c1-14-9-15(2)20-19(10-14)28-22(25-20)26(13-16-5-4-8-24-12-16)21(27)17-6-3-7-18(23)11-17/h3-12H,13H2,1-2H3. The minimum atomic E-state index is -0.139. The van der Waals surface area contributed by atoms with Gasteiger partial charge in [0.1, 0.15) is 0 Å². The zero-order chi connectivity index (χ0) is 19.7. The topological polar surface area (TPSA) is 46.1 Å². The van der Waals surface area contributed by atoms with Crippen molar-refractivity contribution >= 4 is 44.2 Å². The molecule has 4 rings (SSSR count). The van der Waals surface area contributed by atoms with Crippen molar-refractivity contribution in [2.45, 2.75) is 20.4 Å². The number of thiazole rings is 1. The largest absolute Gasteiger partial charge is 0.279 e. The Morgan fingerprint density at radius 2 is 2.00 bits per heavy atom. The minimum Gasteiger partial charge on any atom is -0.279 e. The van der Waals surface area contributed by atoms with Crippen LogP contribution >= 0.6 is 22.9 Å². The number of hydrogen-bond acceptors (Lipinski definition) is 4. The summed E-state index contributed by atoms with van der Waals surface area (Å²) in [7, 11) is 0. The molecule has 2 aromatic carbocycles. The number of aromatic nitrogens is 2. The van der Waals surface area contributed by atoms with Gasteiger partial charge in [-0.05, 0) is 60.9 Å². The Morgan fingerprint density at radius 1 is 1.14 bits per heavy atom. The predicted molar refractivity (Wildman–Crippen MR) is 115 cm³/mol. The van der Waals surface area contributed by atoms with Gasteiger partial charge >= 0.3 is 0 Å². The summed E-state index contributed by atoms with van der Waals surface area (Å²) < 4.78 is 1.07. The number of anilines is 1. The van der Waals surface area contributed by atoms with Crippen molar-refractivity contribution < 1.29 is 4.79 Å². The molecule has 140 valence electrons. The fourth-order valence-corrected chi connectivity index (χ4v) is 4.48. The van der Waals surface area contributed by atoms with E-state index in [0.717, 1.165) is 21.3 Å². The lowest BCUT2D eigenvalue weighted by molar-refractivity contribution is 0.0985. The zero-order valence-electron chi connectivity index (χ0n) is 15.5. The van der Waals surface area contributed by atoms with Crippen molar-refractivity contribution in [2.24, 2.45) is 0 Å². The van der Waals surface area contributed by atoms with Gasteiger partial charge < -0.3 is 0 Å². The Hall–Kier alpha value is -2.76. The van der Waals surface area contributed by atoms with Gasteiger partial charge in [0.2, 0.25) is 0 Å². The molecule has 4 nitrogen and oxygen atoms in total. The van der Waals surface area contributed by atoms with E-state index in [4.69, 9.17) is 16.6 Å². The quantitative estimate of drug-likeness (QED) is 0.429. The molecule has 0 saturated heterocycles. The number of carbonyl (C=O) groups excluding carboxylic acids is 1. The molecule has 2 aromatic heterocycles. The van der Waals surface area contributed by atoms with Crippen molar-refractivity contribution in [3.63, 3.8) is 0 Å². The van der Waals surface area contributed by atoms with Crippen molar-refractivity contribution in [3.8, 4) is 0 Å². The number of benzene rings is 2. The van der Waals surface area contributed by atoms with E-state index >= 15 is 0 Å². The Bertz CT molecular complexity index is 1160. The molecule has 4 aromatic rings. The monoisotopic (exact) mass is 407 g/mol. The van der Waals surface area contributed by atoms with Crippen LogP contribution in [0.2, 0.25) is 5.02 Å². The zero-order valence-corrected chi connectivity index (χ0v) is 17.1. The molecule has 0 N–H and O–H groups in total. The molecule has 0 bridgehead atoms. The Labute approximate surface area is 172 Å². The number of carbonyl (C=O) groups is 1. The maximum atomic E-state index is 13.3. The number of aryl methyl sites for hydroxylation is 2. The highest BCUT2D eigenvalue weighted by Gasteiger charge is 2.22. The Balaban J connectivity index is 1.80. The van der Waals surface area contributed by atoms with Gasteiger partial charge in [0.15, 0.2) is 5.13 Å². The molecule has 2 heterocycles. The number of halogens is 1. The van der Waals surface area contributed by atoms with Gasteiger partial charge in [-0.2, -0.15) is 0 Å². The van der Waals surface area contributed by atoms with Crippen LogP contribution in [0.4, 0.5) is 5.13 Å². The highest BCUT2D eigenvalue weighted by Crippen LogP contribution is 2.33. The number of hydrogen-bond donors (Lipinski definition) is 0. The molecule has 0 aliphatic heterocycles. The third-order valence-corrected chi connectivity index (χ3v) is 5.69. The van der Waals surface area contributed by atoms with Crippen LogP contribution in [-0.4, -0.2) is 15.9 Å². The molecule has 0 aliphatic rings. The highest BCUT2D eigenvalue weighted by molar-refractivity contribution is 7.22. The summed E-state index contributed by atoms with van der Waals surface area (Å²) in [5, 5.41) is 1.19. The van der Waals surface area contributed by atoms with Crippen LogP contribution in [-0.2, 0) is 6.54 Å². The maximum Gasteiger partial charge on any atom is 0.260 e. The minimum absolute atomic E-state index is 0.139. The van der Waals surface area contributed by atoms with E-state index < -0.39 is 0 Å². The average molecular weight is 408 g/mol. The van der Waals surface area contributed by atoms with Crippen LogP contribution in [0.25, 0.3) is 10.2 Å². The van der Waals surface area contributed by atoms with Gasteiger partial charge in [-0.25, -0.2) is 4.98 Å². The van der Waals surface area contributed by atoms with Gasteiger partial charge in [0, 0.05) is 23.0 Å². The second-order valence-corrected chi connectivity index (χ2v) is 8.13. The van der Waals surface area contributed by atoms with Crippen molar-refractivity contribution in [2.75, 3.05) is 4.90 Å². The normalized spacial score (nSPS) is 11.0. The van der Waals surface area contributed by atoms with Crippen LogP contribution in [0.5, 0.6) is 0 Å². The summed E-state index contributed by atoms with van der Waals surface area (Å²) in [5.74, 6) is -0.139. The molecule has 0 aliphatic carbocycles. The summed E-state index contributed by atoms with van der Waals surface area (Å²) in [6.45, 7) is 4.50. The second-order valence-electron chi connectivity index (χ2n) is 6.69. The van der Waals surface area contributed by atoms with Crippen LogP contribution in [0.3, 0.4) is 0 Å². The first-order valence-corrected chi connectivity index (χ1v) is 10.0. The molecule has 0 unspecified atom stereocenters. The number of rotatable bonds is 4. The molecule has 1 amide bonds. The third kappa shape index (κ3) is 3.77. The van der Waals surface area contributed by atoms with E-state index in [2.05, 4.69) is 24.0 Å². The second kappa shape index (κ2) is 7.70. The first-order valence-electron chi connectivity index (χ1n) is 8.85. The van der Waals surface area contributed by atoms with Crippen LogP contribution in [0, 0.1) is 13.8 Å². The Morgan fingerprint density at radius 3 is 2.75 bits per heavy atom. The van der Waals surface area contributed by atoms with E-state index in [1.165, 1.54) is 16.9 Å². The summed E-state index contributed by atoms with van der Waals surface area (Å²) >= 11 is 7.63. The maximum absolute atomic E-state index is 13.3. The number of amides is 1. The van der Waals surface area contributed by atoms with Gasteiger partial charge in [-0.1, -0.05) is 41.1 Å². The molecule has 0 radical (unpaired) electrons. The van der Waals surface area contributed by atoms with Gasteiger partial charge in [0.25, 0.3) is 5.91 Å².